The molecule has 0 aliphatic carbocycles. The van der Waals surface area contributed by atoms with Crippen molar-refractivity contribution in [1.82, 2.24) is 4.90 Å². The average Bonchev–Trinajstić information content (AvgIpc) is 2.36. The van der Waals surface area contributed by atoms with Gasteiger partial charge >= 0.3 is 0 Å². The number of ether oxygens (including phenoxy) is 1. The minimum Gasteiger partial charge on any atom is -0.377 e. The molecule has 0 heterocycles. The molecule has 3 nitrogen and oxygen atoms in total. The summed E-state index contributed by atoms with van der Waals surface area (Å²) in [7, 11) is 1.96. The average molecular weight is 267 g/mol. The molecule has 4 heteroatoms. The largest absolute Gasteiger partial charge is 0.377 e. The van der Waals surface area contributed by atoms with Crippen molar-refractivity contribution in [1.29, 1.82) is 0 Å². The van der Waals surface area contributed by atoms with Gasteiger partial charge in [-0.1, -0.05) is 0 Å². The standard InChI is InChI=1S/C15H22FNO2/c1-12(2)19-11-10-17(3)9-8-15(18)13-4-6-14(16)7-5-13/h4-7,12H,8-11H2,1-3H3. The SMILES string of the molecule is CC(C)OCCN(C)CCC(=O)c1ccc(F)cc1. The van der Waals surface area contributed by atoms with Gasteiger partial charge in [0.25, 0.3) is 0 Å². The third-order valence-corrected chi connectivity index (χ3v) is 2.81. The van der Waals surface area contributed by atoms with Gasteiger partial charge in [-0.15, -0.1) is 0 Å². The van der Waals surface area contributed by atoms with Crippen molar-refractivity contribution in [2.45, 2.75) is 26.4 Å². The minimum atomic E-state index is -0.320. The van der Waals surface area contributed by atoms with Crippen LogP contribution in [-0.4, -0.2) is 43.5 Å². The Kier molecular flexibility index (Phi) is 6.67. The van der Waals surface area contributed by atoms with Crippen LogP contribution in [0.5, 0.6) is 0 Å². The minimum absolute atomic E-state index is 0.0385. The highest BCUT2D eigenvalue weighted by Crippen LogP contribution is 2.06. The number of hydrogen-bond donors (Lipinski definition) is 0. The predicted molar refractivity (Wildman–Crippen MR) is 73.9 cm³/mol. The Morgan fingerprint density at radius 3 is 2.47 bits per heavy atom. The zero-order chi connectivity index (χ0) is 14.3. The summed E-state index contributed by atoms with van der Waals surface area (Å²) in [6, 6.07) is 5.68. The zero-order valence-corrected chi connectivity index (χ0v) is 11.9. The second-order valence-electron chi connectivity index (χ2n) is 4.90. The Bertz CT molecular complexity index is 390. The molecule has 0 bridgehead atoms. The fourth-order valence-corrected chi connectivity index (χ4v) is 1.63. The van der Waals surface area contributed by atoms with Crippen molar-refractivity contribution in [3.8, 4) is 0 Å². The lowest BCUT2D eigenvalue weighted by atomic mass is 10.1. The topological polar surface area (TPSA) is 29.5 Å². The highest BCUT2D eigenvalue weighted by molar-refractivity contribution is 5.96. The lowest BCUT2D eigenvalue weighted by Gasteiger charge is -2.17. The molecule has 1 aromatic carbocycles. The molecule has 1 rings (SSSR count). The molecule has 0 fully saturated rings. The lowest BCUT2D eigenvalue weighted by molar-refractivity contribution is 0.0629. The number of likely N-dealkylation sites (N-methyl/N-ethyl adjacent to an activating group) is 1. The molecule has 0 amide bonds. The van der Waals surface area contributed by atoms with Crippen molar-refractivity contribution in [3.05, 3.63) is 35.6 Å². The van der Waals surface area contributed by atoms with Gasteiger partial charge in [0.15, 0.2) is 5.78 Å². The Balaban J connectivity index is 2.27. The molecule has 106 valence electrons. The number of hydrogen-bond acceptors (Lipinski definition) is 3. The number of benzene rings is 1. The first-order valence-electron chi connectivity index (χ1n) is 6.58. The maximum absolute atomic E-state index is 12.7. The first-order valence-corrected chi connectivity index (χ1v) is 6.58. The summed E-state index contributed by atoms with van der Waals surface area (Å²) in [5.41, 5.74) is 0.563. The first kappa shape index (κ1) is 15.8. The summed E-state index contributed by atoms with van der Waals surface area (Å²) in [6.45, 7) is 6.14. The van der Waals surface area contributed by atoms with E-state index in [-0.39, 0.29) is 17.7 Å². The summed E-state index contributed by atoms with van der Waals surface area (Å²) in [5, 5.41) is 0. The third kappa shape index (κ3) is 6.45. The summed E-state index contributed by atoms with van der Waals surface area (Å²) in [4.78, 5) is 13.9. The van der Waals surface area contributed by atoms with E-state index in [1.165, 1.54) is 24.3 Å². The number of carbonyl (C=O) groups excluding carboxylic acids is 1. The van der Waals surface area contributed by atoms with Crippen LogP contribution in [0.4, 0.5) is 4.39 Å². The van der Waals surface area contributed by atoms with E-state index in [1.807, 2.05) is 20.9 Å². The fraction of sp³-hybridized carbons (Fsp3) is 0.533. The van der Waals surface area contributed by atoms with Crippen LogP contribution >= 0.6 is 0 Å². The van der Waals surface area contributed by atoms with Gasteiger partial charge in [0, 0.05) is 25.1 Å². The maximum Gasteiger partial charge on any atom is 0.164 e. The van der Waals surface area contributed by atoms with E-state index >= 15 is 0 Å². The van der Waals surface area contributed by atoms with Gasteiger partial charge in [0.2, 0.25) is 0 Å². The van der Waals surface area contributed by atoms with Gasteiger partial charge in [-0.2, -0.15) is 0 Å². The highest BCUT2D eigenvalue weighted by atomic mass is 19.1. The van der Waals surface area contributed by atoms with Crippen LogP contribution in [0, 0.1) is 5.82 Å². The van der Waals surface area contributed by atoms with Gasteiger partial charge in [0.05, 0.1) is 12.7 Å². The lowest BCUT2D eigenvalue weighted by Crippen LogP contribution is -2.26. The van der Waals surface area contributed by atoms with Crippen molar-refractivity contribution in [2.24, 2.45) is 0 Å². The van der Waals surface area contributed by atoms with Crippen LogP contribution < -0.4 is 0 Å². The zero-order valence-electron chi connectivity index (χ0n) is 11.9. The number of ketones is 1. The van der Waals surface area contributed by atoms with Crippen LogP contribution in [0.2, 0.25) is 0 Å². The molecule has 0 aromatic heterocycles. The molecule has 0 N–H and O–H groups in total. The van der Waals surface area contributed by atoms with E-state index in [1.54, 1.807) is 0 Å². The molecule has 0 saturated carbocycles. The Labute approximate surface area is 114 Å². The van der Waals surface area contributed by atoms with Crippen LogP contribution in [0.1, 0.15) is 30.6 Å². The molecule has 0 atom stereocenters. The van der Waals surface area contributed by atoms with E-state index in [2.05, 4.69) is 4.90 Å². The molecular weight excluding hydrogens is 245 g/mol. The quantitative estimate of drug-likeness (QED) is 0.678. The summed E-state index contributed by atoms with van der Waals surface area (Å²) < 4.78 is 18.2. The van der Waals surface area contributed by atoms with Crippen molar-refractivity contribution < 1.29 is 13.9 Å². The molecule has 0 aliphatic rings. The van der Waals surface area contributed by atoms with Crippen molar-refractivity contribution in [3.63, 3.8) is 0 Å². The van der Waals surface area contributed by atoms with Gasteiger partial charge in [-0.3, -0.25) is 4.79 Å². The van der Waals surface area contributed by atoms with E-state index in [4.69, 9.17) is 4.74 Å². The Morgan fingerprint density at radius 2 is 1.89 bits per heavy atom. The van der Waals surface area contributed by atoms with Gasteiger partial charge in [-0.25, -0.2) is 4.39 Å². The van der Waals surface area contributed by atoms with E-state index in [9.17, 15) is 9.18 Å². The van der Waals surface area contributed by atoms with E-state index in [0.29, 0.717) is 25.1 Å². The first-order chi connectivity index (χ1) is 8.99. The number of nitrogens with zero attached hydrogens (tertiary/aromatic N) is 1. The molecule has 0 saturated heterocycles. The van der Waals surface area contributed by atoms with Gasteiger partial charge in [0.1, 0.15) is 5.82 Å². The van der Waals surface area contributed by atoms with E-state index < -0.39 is 0 Å². The Hall–Kier alpha value is -1.26. The van der Waals surface area contributed by atoms with E-state index in [0.717, 1.165) is 6.54 Å². The number of halogens is 1. The molecule has 0 unspecified atom stereocenters. The molecule has 1 aromatic rings. The second-order valence-corrected chi connectivity index (χ2v) is 4.90. The van der Waals surface area contributed by atoms with Gasteiger partial charge < -0.3 is 9.64 Å². The summed E-state index contributed by atoms with van der Waals surface area (Å²) >= 11 is 0. The predicted octanol–water partition coefficient (Wildman–Crippen LogP) is 2.76. The Morgan fingerprint density at radius 1 is 1.26 bits per heavy atom. The number of rotatable bonds is 8. The normalized spacial score (nSPS) is 11.3. The van der Waals surface area contributed by atoms with Gasteiger partial charge in [-0.05, 0) is 45.2 Å². The summed E-state index contributed by atoms with van der Waals surface area (Å²) in [6.07, 6.45) is 0.665. The van der Waals surface area contributed by atoms with Crippen molar-refractivity contribution in [2.75, 3.05) is 26.7 Å². The maximum atomic E-state index is 12.7. The monoisotopic (exact) mass is 267 g/mol. The molecule has 0 aliphatic heterocycles. The third-order valence-electron chi connectivity index (χ3n) is 2.81. The summed E-state index contributed by atoms with van der Waals surface area (Å²) in [5.74, 6) is -0.281. The molecule has 0 radical (unpaired) electrons. The van der Waals surface area contributed by atoms with Crippen LogP contribution in [-0.2, 0) is 4.74 Å². The van der Waals surface area contributed by atoms with Crippen LogP contribution in [0.15, 0.2) is 24.3 Å². The second kappa shape index (κ2) is 8.02. The van der Waals surface area contributed by atoms with Crippen LogP contribution in [0.3, 0.4) is 0 Å². The number of Topliss-reactive ketones (excluding diaryl/α,β-unsaturated/α-hetero) is 1. The van der Waals surface area contributed by atoms with Crippen molar-refractivity contribution >= 4 is 5.78 Å². The molecule has 0 spiro atoms. The molecular formula is C15H22FNO2. The smallest absolute Gasteiger partial charge is 0.164 e. The highest BCUT2D eigenvalue weighted by Gasteiger charge is 2.08. The van der Waals surface area contributed by atoms with Crippen LogP contribution in [0.25, 0.3) is 0 Å². The molecule has 19 heavy (non-hydrogen) atoms. The fourth-order valence-electron chi connectivity index (χ4n) is 1.63. The number of carbonyl (C=O) groups is 1.